The van der Waals surface area contributed by atoms with Gasteiger partial charge in [-0.15, -0.1) is 0 Å². The minimum Gasteiger partial charge on any atom is -0.462 e. The minimum absolute atomic E-state index is 0.388. The van der Waals surface area contributed by atoms with Gasteiger partial charge in [0.2, 0.25) is 6.41 Å². The molecule has 0 bridgehead atoms. The van der Waals surface area contributed by atoms with Gasteiger partial charge in [-0.1, -0.05) is 44.7 Å². The van der Waals surface area contributed by atoms with Crippen LogP contribution < -0.4 is 5.32 Å². The summed E-state index contributed by atoms with van der Waals surface area (Å²) in [5.74, 6) is -0.388. The number of unbranched alkanes of at least 4 members (excludes halogenated alkanes) is 4. The van der Waals surface area contributed by atoms with Gasteiger partial charge in [-0.05, 0) is 18.6 Å². The molecule has 0 atom stereocenters. The molecule has 0 saturated carbocycles. The summed E-state index contributed by atoms with van der Waals surface area (Å²) in [6.07, 6.45) is 6.11. The van der Waals surface area contributed by atoms with Crippen LogP contribution in [-0.4, -0.2) is 19.0 Å². The maximum Gasteiger partial charge on any atom is 0.340 e. The second-order valence-corrected chi connectivity index (χ2v) is 4.36. The van der Waals surface area contributed by atoms with Crippen LogP contribution in [0.25, 0.3) is 0 Å². The van der Waals surface area contributed by atoms with E-state index in [1.165, 1.54) is 19.3 Å². The summed E-state index contributed by atoms with van der Waals surface area (Å²) in [6.45, 7) is 2.59. The largest absolute Gasteiger partial charge is 0.462 e. The average Bonchev–Trinajstić information content (AvgIpc) is 2.43. The van der Waals surface area contributed by atoms with Crippen LogP contribution in [0.2, 0.25) is 0 Å². The molecule has 0 aromatic heterocycles. The Balaban J connectivity index is 2.38. The number of carbonyl (C=O) groups excluding carboxylic acids is 2. The Morgan fingerprint density at radius 2 is 1.95 bits per heavy atom. The predicted octanol–water partition coefficient (Wildman–Crippen LogP) is 3.38. The molecule has 0 saturated heterocycles. The van der Waals surface area contributed by atoms with E-state index in [1.54, 1.807) is 24.3 Å². The van der Waals surface area contributed by atoms with Gasteiger partial charge in [0.1, 0.15) is 0 Å². The molecule has 0 heterocycles. The van der Waals surface area contributed by atoms with Crippen molar-refractivity contribution in [2.75, 3.05) is 11.9 Å². The molecule has 0 aliphatic carbocycles. The Bertz CT molecular complexity index is 404. The molecular formula is C15H21NO3. The highest BCUT2D eigenvalue weighted by Crippen LogP contribution is 2.15. The van der Waals surface area contributed by atoms with Crippen LogP contribution in [0, 0.1) is 0 Å². The maximum atomic E-state index is 11.9. The first kappa shape index (κ1) is 15.2. The van der Waals surface area contributed by atoms with Crippen LogP contribution in [0.3, 0.4) is 0 Å². The van der Waals surface area contributed by atoms with Crippen molar-refractivity contribution in [3.8, 4) is 0 Å². The number of rotatable bonds is 9. The number of nitrogens with one attached hydrogen (secondary N) is 1. The van der Waals surface area contributed by atoms with E-state index in [0.29, 0.717) is 24.3 Å². The van der Waals surface area contributed by atoms with Gasteiger partial charge in [0, 0.05) is 0 Å². The zero-order valence-electron chi connectivity index (χ0n) is 11.4. The molecule has 0 aliphatic rings. The molecule has 0 fully saturated rings. The summed E-state index contributed by atoms with van der Waals surface area (Å²) in [7, 11) is 0. The SMILES string of the molecule is CCCCCCCOC(=O)c1ccccc1NC=O. The normalized spacial score (nSPS) is 9.95. The summed E-state index contributed by atoms with van der Waals surface area (Å²) in [6, 6.07) is 6.82. The second-order valence-electron chi connectivity index (χ2n) is 4.36. The third-order valence-corrected chi connectivity index (χ3v) is 2.84. The fraction of sp³-hybridized carbons (Fsp3) is 0.467. The summed E-state index contributed by atoms with van der Waals surface area (Å²) in [5, 5.41) is 2.49. The van der Waals surface area contributed by atoms with E-state index in [9.17, 15) is 9.59 Å². The topological polar surface area (TPSA) is 55.4 Å². The third-order valence-electron chi connectivity index (χ3n) is 2.84. The first-order chi connectivity index (χ1) is 9.29. The summed E-state index contributed by atoms with van der Waals surface area (Å²) >= 11 is 0. The van der Waals surface area contributed by atoms with Crippen LogP contribution >= 0.6 is 0 Å². The zero-order chi connectivity index (χ0) is 13.9. The molecule has 1 aromatic rings. The average molecular weight is 263 g/mol. The number of anilines is 1. The van der Waals surface area contributed by atoms with E-state index in [0.717, 1.165) is 12.8 Å². The quantitative estimate of drug-likeness (QED) is 0.422. The second kappa shape index (κ2) is 9.14. The molecule has 0 unspecified atom stereocenters. The summed E-state index contributed by atoms with van der Waals surface area (Å²) in [5.41, 5.74) is 0.872. The van der Waals surface area contributed by atoms with Crippen LogP contribution in [0.4, 0.5) is 5.69 Å². The number of carbonyl (C=O) groups is 2. The van der Waals surface area contributed by atoms with E-state index in [4.69, 9.17) is 4.74 Å². The lowest BCUT2D eigenvalue weighted by Crippen LogP contribution is -2.10. The Hall–Kier alpha value is -1.84. The Morgan fingerprint density at radius 3 is 2.68 bits per heavy atom. The van der Waals surface area contributed by atoms with Crippen LogP contribution in [0.5, 0.6) is 0 Å². The predicted molar refractivity (Wildman–Crippen MR) is 75.2 cm³/mol. The molecular weight excluding hydrogens is 242 g/mol. The number of amides is 1. The van der Waals surface area contributed by atoms with Crippen molar-refractivity contribution in [2.24, 2.45) is 0 Å². The van der Waals surface area contributed by atoms with Crippen molar-refractivity contribution in [3.05, 3.63) is 29.8 Å². The van der Waals surface area contributed by atoms with Gasteiger partial charge >= 0.3 is 5.97 Å². The molecule has 1 aromatic carbocycles. The standard InChI is InChI=1S/C15H21NO3/c1-2-3-4-5-8-11-19-15(18)13-9-6-7-10-14(13)16-12-17/h6-7,9-10,12H,2-5,8,11H2,1H3,(H,16,17). The molecule has 4 nitrogen and oxygen atoms in total. The Labute approximate surface area is 114 Å². The van der Waals surface area contributed by atoms with Crippen molar-refractivity contribution >= 4 is 18.1 Å². The molecule has 104 valence electrons. The summed E-state index contributed by atoms with van der Waals surface area (Å²) in [4.78, 5) is 22.3. The zero-order valence-corrected chi connectivity index (χ0v) is 11.4. The molecule has 0 radical (unpaired) electrons. The molecule has 4 heteroatoms. The first-order valence-electron chi connectivity index (χ1n) is 6.76. The van der Waals surface area contributed by atoms with E-state index >= 15 is 0 Å². The Kier molecular flexibility index (Phi) is 7.32. The van der Waals surface area contributed by atoms with Gasteiger partial charge in [0.05, 0.1) is 17.9 Å². The molecule has 0 aliphatic heterocycles. The molecule has 1 N–H and O–H groups in total. The fourth-order valence-electron chi connectivity index (χ4n) is 1.80. The minimum atomic E-state index is -0.388. The van der Waals surface area contributed by atoms with Crippen LogP contribution in [-0.2, 0) is 9.53 Å². The number of esters is 1. The van der Waals surface area contributed by atoms with Gasteiger partial charge < -0.3 is 10.1 Å². The molecule has 1 rings (SSSR count). The van der Waals surface area contributed by atoms with Crippen molar-refractivity contribution in [2.45, 2.75) is 39.0 Å². The van der Waals surface area contributed by atoms with Crippen molar-refractivity contribution in [1.29, 1.82) is 0 Å². The van der Waals surface area contributed by atoms with Crippen molar-refractivity contribution in [1.82, 2.24) is 0 Å². The van der Waals surface area contributed by atoms with Crippen molar-refractivity contribution in [3.63, 3.8) is 0 Å². The van der Waals surface area contributed by atoms with E-state index in [1.807, 2.05) is 0 Å². The summed E-state index contributed by atoms with van der Waals surface area (Å²) < 4.78 is 5.20. The third kappa shape index (κ3) is 5.55. The maximum absolute atomic E-state index is 11.9. The highest BCUT2D eigenvalue weighted by Gasteiger charge is 2.11. The molecule has 19 heavy (non-hydrogen) atoms. The fourth-order valence-corrected chi connectivity index (χ4v) is 1.80. The van der Waals surface area contributed by atoms with Gasteiger partial charge in [0.25, 0.3) is 0 Å². The van der Waals surface area contributed by atoms with Crippen molar-refractivity contribution < 1.29 is 14.3 Å². The lowest BCUT2D eigenvalue weighted by molar-refractivity contribution is -0.105. The van der Waals surface area contributed by atoms with Gasteiger partial charge in [0.15, 0.2) is 0 Å². The lowest BCUT2D eigenvalue weighted by Gasteiger charge is -2.08. The van der Waals surface area contributed by atoms with E-state index < -0.39 is 0 Å². The van der Waals surface area contributed by atoms with Gasteiger partial charge in [-0.25, -0.2) is 4.79 Å². The van der Waals surface area contributed by atoms with Gasteiger partial charge in [-0.2, -0.15) is 0 Å². The lowest BCUT2D eigenvalue weighted by atomic mass is 10.1. The highest BCUT2D eigenvalue weighted by molar-refractivity contribution is 5.97. The molecule has 1 amide bonds. The smallest absolute Gasteiger partial charge is 0.340 e. The van der Waals surface area contributed by atoms with E-state index in [-0.39, 0.29) is 5.97 Å². The van der Waals surface area contributed by atoms with Gasteiger partial charge in [-0.3, -0.25) is 4.79 Å². The molecule has 0 spiro atoms. The number of hydrogen-bond acceptors (Lipinski definition) is 3. The van der Waals surface area contributed by atoms with Crippen LogP contribution in [0.1, 0.15) is 49.4 Å². The monoisotopic (exact) mass is 263 g/mol. The number of ether oxygens (including phenoxy) is 1. The highest BCUT2D eigenvalue weighted by atomic mass is 16.5. The number of benzene rings is 1. The first-order valence-corrected chi connectivity index (χ1v) is 6.76. The number of hydrogen-bond donors (Lipinski definition) is 1. The van der Waals surface area contributed by atoms with E-state index in [2.05, 4.69) is 12.2 Å². The number of para-hydroxylation sites is 1. The Morgan fingerprint density at radius 1 is 1.21 bits per heavy atom. The van der Waals surface area contributed by atoms with Crippen LogP contribution in [0.15, 0.2) is 24.3 Å².